The van der Waals surface area contributed by atoms with E-state index in [-0.39, 0.29) is 11.7 Å². The van der Waals surface area contributed by atoms with E-state index >= 15 is 0 Å². The van der Waals surface area contributed by atoms with E-state index in [1.54, 1.807) is 24.3 Å². The fraction of sp³-hybridized carbons (Fsp3) is 0.533. The summed E-state index contributed by atoms with van der Waals surface area (Å²) in [5.74, 6) is 0.803. The van der Waals surface area contributed by atoms with E-state index in [1.807, 2.05) is 0 Å². The second kappa shape index (κ2) is 5.61. The predicted molar refractivity (Wildman–Crippen MR) is 75.9 cm³/mol. The van der Waals surface area contributed by atoms with Gasteiger partial charge in [-0.25, -0.2) is 0 Å². The highest BCUT2D eigenvalue weighted by Gasteiger charge is 2.39. The van der Waals surface area contributed by atoms with Crippen molar-refractivity contribution >= 4 is 11.6 Å². The molecule has 0 radical (unpaired) electrons. The number of carbonyl (C=O) groups excluding carboxylic acids is 1. The third-order valence-electron chi connectivity index (χ3n) is 4.21. The van der Waals surface area contributed by atoms with Gasteiger partial charge in [0.05, 0.1) is 5.41 Å². The smallest absolute Gasteiger partial charge is 0.231 e. The first kappa shape index (κ1) is 13.9. The molecule has 104 valence electrons. The monoisotopic (exact) mass is 262 g/mol. The zero-order valence-corrected chi connectivity index (χ0v) is 11.4. The molecule has 0 aliphatic heterocycles. The molecule has 0 aromatic heterocycles. The van der Waals surface area contributed by atoms with Crippen LogP contribution in [0.2, 0.25) is 0 Å². The van der Waals surface area contributed by atoms with Crippen LogP contribution in [-0.4, -0.2) is 17.6 Å². The molecule has 2 rings (SSSR count). The number of rotatable bonds is 3. The summed E-state index contributed by atoms with van der Waals surface area (Å²) in [7, 11) is 0. The first-order valence-electron chi connectivity index (χ1n) is 6.86. The Balaban J connectivity index is 2.09. The van der Waals surface area contributed by atoms with Gasteiger partial charge < -0.3 is 16.2 Å². The van der Waals surface area contributed by atoms with Gasteiger partial charge in [-0.2, -0.15) is 0 Å². The number of hydrogen-bond donors (Lipinski definition) is 3. The summed E-state index contributed by atoms with van der Waals surface area (Å²) in [4.78, 5) is 12.5. The fourth-order valence-corrected chi connectivity index (χ4v) is 2.69. The number of phenolic OH excluding ortho intramolecular Hbond substituents is 1. The number of benzene rings is 1. The van der Waals surface area contributed by atoms with Crippen molar-refractivity contribution in [2.75, 3.05) is 11.9 Å². The van der Waals surface area contributed by atoms with E-state index in [0.717, 1.165) is 25.7 Å². The molecular formula is C15H22N2O2. The van der Waals surface area contributed by atoms with Crippen molar-refractivity contribution in [2.24, 2.45) is 17.1 Å². The predicted octanol–water partition coefficient (Wildman–Crippen LogP) is 2.49. The molecule has 4 nitrogen and oxygen atoms in total. The molecule has 1 aliphatic carbocycles. The lowest BCUT2D eigenvalue weighted by molar-refractivity contribution is -0.127. The zero-order chi connectivity index (χ0) is 13.9. The average Bonchev–Trinajstić information content (AvgIpc) is 2.40. The molecule has 1 aromatic carbocycles. The molecule has 0 unspecified atom stereocenters. The average molecular weight is 262 g/mol. The standard InChI is InChI=1S/C15H22N2O2/c1-11-5-7-15(10-16,8-6-11)14(19)17-12-3-2-4-13(18)9-12/h2-4,9,11,18H,5-8,10,16H2,1H3,(H,17,19). The first-order valence-corrected chi connectivity index (χ1v) is 6.86. The molecule has 0 saturated heterocycles. The third kappa shape index (κ3) is 3.07. The molecule has 1 aromatic rings. The third-order valence-corrected chi connectivity index (χ3v) is 4.21. The maximum Gasteiger partial charge on any atom is 0.231 e. The number of nitrogens with two attached hydrogens (primary N) is 1. The van der Waals surface area contributed by atoms with Crippen LogP contribution in [-0.2, 0) is 4.79 Å². The summed E-state index contributed by atoms with van der Waals surface area (Å²) < 4.78 is 0. The zero-order valence-electron chi connectivity index (χ0n) is 11.4. The fourth-order valence-electron chi connectivity index (χ4n) is 2.69. The number of amides is 1. The van der Waals surface area contributed by atoms with Crippen LogP contribution >= 0.6 is 0 Å². The molecule has 0 heterocycles. The molecule has 1 fully saturated rings. The lowest BCUT2D eigenvalue weighted by Gasteiger charge is -2.37. The van der Waals surface area contributed by atoms with Gasteiger partial charge in [0.15, 0.2) is 0 Å². The normalized spacial score (nSPS) is 26.9. The summed E-state index contributed by atoms with van der Waals surface area (Å²) >= 11 is 0. The van der Waals surface area contributed by atoms with Crippen molar-refractivity contribution in [3.05, 3.63) is 24.3 Å². The van der Waals surface area contributed by atoms with Gasteiger partial charge in [-0.3, -0.25) is 4.79 Å². The molecular weight excluding hydrogens is 240 g/mol. The van der Waals surface area contributed by atoms with E-state index in [4.69, 9.17) is 5.73 Å². The van der Waals surface area contributed by atoms with Crippen LogP contribution in [0.3, 0.4) is 0 Å². The number of phenols is 1. The van der Waals surface area contributed by atoms with Crippen molar-refractivity contribution in [1.29, 1.82) is 0 Å². The minimum Gasteiger partial charge on any atom is -0.508 e. The second-order valence-corrected chi connectivity index (χ2v) is 5.67. The number of hydrogen-bond acceptors (Lipinski definition) is 3. The Labute approximate surface area is 114 Å². The minimum absolute atomic E-state index is 0.0208. The maximum atomic E-state index is 12.5. The number of carbonyl (C=O) groups is 1. The van der Waals surface area contributed by atoms with Crippen LogP contribution in [0.4, 0.5) is 5.69 Å². The van der Waals surface area contributed by atoms with E-state index in [9.17, 15) is 9.90 Å². The van der Waals surface area contributed by atoms with Crippen LogP contribution in [0.5, 0.6) is 5.75 Å². The molecule has 0 bridgehead atoms. The number of aromatic hydroxyl groups is 1. The lowest BCUT2D eigenvalue weighted by Crippen LogP contribution is -2.44. The Bertz CT molecular complexity index is 451. The highest BCUT2D eigenvalue weighted by molar-refractivity contribution is 5.95. The van der Waals surface area contributed by atoms with Crippen LogP contribution in [0.25, 0.3) is 0 Å². The molecule has 4 N–H and O–H groups in total. The van der Waals surface area contributed by atoms with Gasteiger partial charge in [-0.05, 0) is 43.7 Å². The highest BCUT2D eigenvalue weighted by Crippen LogP contribution is 2.39. The van der Waals surface area contributed by atoms with Gasteiger partial charge in [0.2, 0.25) is 5.91 Å². The summed E-state index contributed by atoms with van der Waals surface area (Å²) in [6.07, 6.45) is 3.78. The molecule has 1 saturated carbocycles. The molecule has 1 aliphatic rings. The van der Waals surface area contributed by atoms with Gasteiger partial charge in [0.1, 0.15) is 5.75 Å². The van der Waals surface area contributed by atoms with Crippen LogP contribution in [0, 0.1) is 11.3 Å². The molecule has 1 amide bonds. The minimum atomic E-state index is -0.446. The SMILES string of the molecule is CC1CCC(CN)(C(=O)Nc2cccc(O)c2)CC1. The quantitative estimate of drug-likeness (QED) is 0.783. The Morgan fingerprint density at radius 3 is 2.74 bits per heavy atom. The van der Waals surface area contributed by atoms with Gasteiger partial charge >= 0.3 is 0 Å². The number of nitrogens with one attached hydrogen (secondary N) is 1. The van der Waals surface area contributed by atoms with Crippen molar-refractivity contribution in [1.82, 2.24) is 0 Å². The van der Waals surface area contributed by atoms with Crippen molar-refractivity contribution < 1.29 is 9.90 Å². The van der Waals surface area contributed by atoms with E-state index < -0.39 is 5.41 Å². The second-order valence-electron chi connectivity index (χ2n) is 5.67. The van der Waals surface area contributed by atoms with Crippen LogP contribution < -0.4 is 11.1 Å². The summed E-state index contributed by atoms with van der Waals surface area (Å²) in [6.45, 7) is 2.60. The molecule has 0 spiro atoms. The molecule has 4 heteroatoms. The first-order chi connectivity index (χ1) is 9.05. The van der Waals surface area contributed by atoms with E-state index in [0.29, 0.717) is 18.2 Å². The Morgan fingerprint density at radius 1 is 1.47 bits per heavy atom. The topological polar surface area (TPSA) is 75.4 Å². The Hall–Kier alpha value is -1.55. The molecule has 19 heavy (non-hydrogen) atoms. The van der Waals surface area contributed by atoms with Crippen molar-refractivity contribution in [3.63, 3.8) is 0 Å². The van der Waals surface area contributed by atoms with Gasteiger partial charge in [0, 0.05) is 18.3 Å². The Morgan fingerprint density at radius 2 is 2.16 bits per heavy atom. The lowest BCUT2D eigenvalue weighted by atomic mass is 9.70. The largest absolute Gasteiger partial charge is 0.508 e. The van der Waals surface area contributed by atoms with E-state index in [1.165, 1.54) is 0 Å². The Kier molecular flexibility index (Phi) is 4.10. The van der Waals surface area contributed by atoms with Gasteiger partial charge in [-0.1, -0.05) is 13.0 Å². The maximum absolute atomic E-state index is 12.5. The van der Waals surface area contributed by atoms with Gasteiger partial charge in [0.25, 0.3) is 0 Å². The number of anilines is 1. The van der Waals surface area contributed by atoms with Crippen LogP contribution in [0.15, 0.2) is 24.3 Å². The van der Waals surface area contributed by atoms with Crippen LogP contribution in [0.1, 0.15) is 32.6 Å². The van der Waals surface area contributed by atoms with Crippen molar-refractivity contribution in [2.45, 2.75) is 32.6 Å². The van der Waals surface area contributed by atoms with Gasteiger partial charge in [-0.15, -0.1) is 0 Å². The van der Waals surface area contributed by atoms with Crippen molar-refractivity contribution in [3.8, 4) is 5.75 Å². The summed E-state index contributed by atoms with van der Waals surface area (Å²) in [5, 5.41) is 12.3. The summed E-state index contributed by atoms with van der Waals surface area (Å²) in [5.41, 5.74) is 6.03. The molecule has 0 atom stereocenters. The van der Waals surface area contributed by atoms with E-state index in [2.05, 4.69) is 12.2 Å². The summed E-state index contributed by atoms with van der Waals surface area (Å²) in [6, 6.07) is 6.61. The highest BCUT2D eigenvalue weighted by atomic mass is 16.3.